The minimum absolute atomic E-state index is 0.0838. The molecule has 110 valence electrons. The Hall–Kier alpha value is -1.39. The highest BCUT2D eigenvalue weighted by atomic mass is 32.2. The Morgan fingerprint density at radius 3 is 2.67 bits per heavy atom. The van der Waals surface area contributed by atoms with Gasteiger partial charge in [0.2, 0.25) is 0 Å². The molecule has 1 N–H and O–H groups in total. The van der Waals surface area contributed by atoms with E-state index in [1.165, 1.54) is 30.2 Å². The summed E-state index contributed by atoms with van der Waals surface area (Å²) in [5, 5.41) is 2.66. The van der Waals surface area contributed by atoms with Gasteiger partial charge in [0.15, 0.2) is 0 Å². The van der Waals surface area contributed by atoms with Crippen molar-refractivity contribution in [2.45, 2.75) is 32.6 Å². The van der Waals surface area contributed by atoms with E-state index in [0.29, 0.717) is 9.23 Å². The van der Waals surface area contributed by atoms with Crippen molar-refractivity contribution in [3.63, 3.8) is 0 Å². The Bertz CT molecular complexity index is 576. The lowest BCUT2D eigenvalue weighted by atomic mass is 10.0. The Balaban J connectivity index is 2.20. The molecule has 1 aromatic rings. The predicted octanol–water partition coefficient (Wildman–Crippen LogP) is 4.68. The zero-order valence-electron chi connectivity index (χ0n) is 12.1. The zero-order valence-corrected chi connectivity index (χ0v) is 13.7. The van der Waals surface area contributed by atoms with Crippen LogP contribution in [0.2, 0.25) is 0 Å². The van der Waals surface area contributed by atoms with E-state index >= 15 is 0 Å². The average Bonchev–Trinajstić information content (AvgIpc) is 2.78. The maximum absolute atomic E-state index is 11.8. The number of amides is 1. The molecular weight excluding hydrogens is 298 g/mol. The number of rotatable bonds is 6. The lowest BCUT2D eigenvalue weighted by Gasteiger charge is -2.04. The standard InChI is InChI=1S/C17H19NOS2/c1-2-3-5-10-14(11-13-8-6-4-7-9-13)12-15-16(19)18-17(20)21-15/h4,6-9,11-12H,2-3,5,10H2,1H3,(H,18,19,20)/b14-11+,15-12+. The molecule has 0 aromatic heterocycles. The van der Waals surface area contributed by atoms with Crippen LogP contribution in [0, 0.1) is 0 Å². The van der Waals surface area contributed by atoms with Gasteiger partial charge in [-0.25, -0.2) is 0 Å². The largest absolute Gasteiger partial charge is 0.307 e. The third kappa shape index (κ3) is 5.14. The first-order valence-corrected chi connectivity index (χ1v) is 8.42. The number of thioether (sulfide) groups is 1. The molecule has 1 heterocycles. The average molecular weight is 317 g/mol. The van der Waals surface area contributed by atoms with Crippen molar-refractivity contribution < 1.29 is 4.79 Å². The summed E-state index contributed by atoms with van der Waals surface area (Å²) < 4.78 is 0.541. The Morgan fingerprint density at radius 2 is 2.05 bits per heavy atom. The number of hydrogen-bond acceptors (Lipinski definition) is 3. The zero-order chi connectivity index (χ0) is 15.1. The van der Waals surface area contributed by atoms with Crippen LogP contribution in [0.1, 0.15) is 38.2 Å². The van der Waals surface area contributed by atoms with Crippen LogP contribution in [0.5, 0.6) is 0 Å². The van der Waals surface area contributed by atoms with E-state index in [1.54, 1.807) is 0 Å². The number of nitrogens with one attached hydrogen (secondary N) is 1. The number of benzene rings is 1. The normalized spacial score (nSPS) is 17.4. The molecule has 1 aliphatic rings. The van der Waals surface area contributed by atoms with Crippen LogP contribution in [0.25, 0.3) is 6.08 Å². The van der Waals surface area contributed by atoms with Gasteiger partial charge in [-0.05, 0) is 30.1 Å². The summed E-state index contributed by atoms with van der Waals surface area (Å²) in [5.41, 5.74) is 2.34. The summed E-state index contributed by atoms with van der Waals surface area (Å²) in [5.74, 6) is -0.0838. The number of thiocarbonyl (C=S) groups is 1. The van der Waals surface area contributed by atoms with Gasteiger partial charge >= 0.3 is 0 Å². The second-order valence-electron chi connectivity index (χ2n) is 4.94. The summed E-state index contributed by atoms with van der Waals surface area (Å²) >= 11 is 6.38. The van der Waals surface area contributed by atoms with Crippen LogP contribution in [0.3, 0.4) is 0 Å². The van der Waals surface area contributed by atoms with Crippen LogP contribution in [0.15, 0.2) is 46.9 Å². The van der Waals surface area contributed by atoms with Crippen LogP contribution >= 0.6 is 24.0 Å². The summed E-state index contributed by atoms with van der Waals surface area (Å²) in [6.45, 7) is 2.19. The maximum Gasteiger partial charge on any atom is 0.263 e. The van der Waals surface area contributed by atoms with Gasteiger partial charge in [-0.1, -0.05) is 80.2 Å². The minimum Gasteiger partial charge on any atom is -0.307 e. The van der Waals surface area contributed by atoms with Crippen molar-refractivity contribution in [1.82, 2.24) is 5.32 Å². The van der Waals surface area contributed by atoms with Crippen LogP contribution in [-0.4, -0.2) is 10.2 Å². The molecule has 1 amide bonds. The highest BCUT2D eigenvalue weighted by Crippen LogP contribution is 2.27. The van der Waals surface area contributed by atoms with Gasteiger partial charge < -0.3 is 5.32 Å². The van der Waals surface area contributed by atoms with Crippen LogP contribution < -0.4 is 5.32 Å². The van der Waals surface area contributed by atoms with Crippen molar-refractivity contribution in [1.29, 1.82) is 0 Å². The van der Waals surface area contributed by atoms with E-state index in [-0.39, 0.29) is 5.91 Å². The molecule has 0 bridgehead atoms. The van der Waals surface area contributed by atoms with Crippen molar-refractivity contribution in [2.24, 2.45) is 0 Å². The first-order chi connectivity index (χ1) is 10.2. The Morgan fingerprint density at radius 1 is 1.29 bits per heavy atom. The van der Waals surface area contributed by atoms with Gasteiger partial charge in [0.05, 0.1) is 4.91 Å². The van der Waals surface area contributed by atoms with Crippen molar-refractivity contribution in [3.05, 3.63) is 52.4 Å². The number of carbonyl (C=O) groups is 1. The molecule has 4 heteroatoms. The summed E-state index contributed by atoms with van der Waals surface area (Å²) in [7, 11) is 0. The summed E-state index contributed by atoms with van der Waals surface area (Å²) in [6.07, 6.45) is 8.63. The van der Waals surface area contributed by atoms with Crippen molar-refractivity contribution in [3.8, 4) is 0 Å². The van der Waals surface area contributed by atoms with Crippen LogP contribution in [0.4, 0.5) is 0 Å². The fourth-order valence-corrected chi connectivity index (χ4v) is 3.18. The molecule has 1 aliphatic heterocycles. The summed E-state index contributed by atoms with van der Waals surface area (Å²) in [4.78, 5) is 12.5. The topological polar surface area (TPSA) is 29.1 Å². The smallest absolute Gasteiger partial charge is 0.263 e. The molecule has 2 nitrogen and oxygen atoms in total. The lowest BCUT2D eigenvalue weighted by Crippen LogP contribution is -2.17. The second kappa shape index (κ2) is 8.15. The third-order valence-electron chi connectivity index (χ3n) is 3.18. The van der Waals surface area contributed by atoms with Gasteiger partial charge in [0.25, 0.3) is 5.91 Å². The van der Waals surface area contributed by atoms with E-state index < -0.39 is 0 Å². The molecule has 0 aliphatic carbocycles. The number of allylic oxidation sites excluding steroid dienone is 2. The first kappa shape index (κ1) is 16.0. The summed E-state index contributed by atoms with van der Waals surface area (Å²) in [6, 6.07) is 10.2. The fourth-order valence-electron chi connectivity index (χ4n) is 2.12. The Kier molecular flexibility index (Phi) is 6.21. The SMILES string of the molecule is CCCCCC(=C\c1ccccc1)/C=C1/SC(=S)NC1=O. The van der Waals surface area contributed by atoms with E-state index in [9.17, 15) is 4.79 Å². The van der Waals surface area contributed by atoms with Gasteiger partial charge in [0.1, 0.15) is 4.32 Å². The minimum atomic E-state index is -0.0838. The van der Waals surface area contributed by atoms with Gasteiger partial charge in [-0.3, -0.25) is 4.79 Å². The van der Waals surface area contributed by atoms with E-state index in [4.69, 9.17) is 12.2 Å². The molecule has 21 heavy (non-hydrogen) atoms. The molecule has 1 saturated heterocycles. The number of hydrogen-bond donors (Lipinski definition) is 1. The van der Waals surface area contributed by atoms with Gasteiger partial charge in [-0.15, -0.1) is 0 Å². The van der Waals surface area contributed by atoms with Gasteiger partial charge in [-0.2, -0.15) is 0 Å². The molecule has 0 radical (unpaired) electrons. The van der Waals surface area contributed by atoms with Gasteiger partial charge in [0, 0.05) is 0 Å². The van der Waals surface area contributed by atoms with E-state index in [2.05, 4.69) is 30.4 Å². The van der Waals surface area contributed by atoms with E-state index in [1.807, 2.05) is 24.3 Å². The second-order valence-corrected chi connectivity index (χ2v) is 6.66. The number of unbranched alkanes of at least 4 members (excludes halogenated alkanes) is 2. The highest BCUT2D eigenvalue weighted by molar-refractivity contribution is 8.26. The van der Waals surface area contributed by atoms with Crippen LogP contribution in [-0.2, 0) is 4.79 Å². The van der Waals surface area contributed by atoms with E-state index in [0.717, 1.165) is 18.4 Å². The molecule has 0 saturated carbocycles. The molecule has 0 unspecified atom stereocenters. The molecule has 1 aromatic carbocycles. The third-order valence-corrected chi connectivity index (χ3v) is 4.34. The fraction of sp³-hybridized carbons (Fsp3) is 0.294. The maximum atomic E-state index is 11.8. The molecule has 0 spiro atoms. The Labute approximate surface area is 135 Å². The predicted molar refractivity (Wildman–Crippen MR) is 95.0 cm³/mol. The first-order valence-electron chi connectivity index (χ1n) is 7.19. The lowest BCUT2D eigenvalue weighted by molar-refractivity contribution is -0.115. The van der Waals surface area contributed by atoms with Crippen molar-refractivity contribution in [2.75, 3.05) is 0 Å². The number of carbonyl (C=O) groups excluding carboxylic acids is 1. The van der Waals surface area contributed by atoms with Crippen molar-refractivity contribution >= 4 is 40.3 Å². The molecular formula is C17H19NOS2. The molecule has 1 fully saturated rings. The molecule has 0 atom stereocenters. The highest BCUT2D eigenvalue weighted by Gasteiger charge is 2.22. The monoisotopic (exact) mass is 317 g/mol. The molecule has 2 rings (SSSR count). The quantitative estimate of drug-likeness (QED) is 0.469.